The minimum atomic E-state index is -0.266. The van der Waals surface area contributed by atoms with Crippen LogP contribution in [0.1, 0.15) is 63.9 Å². The summed E-state index contributed by atoms with van der Waals surface area (Å²) in [6.07, 6.45) is 10.7. The molecule has 164 valence electrons. The number of amides is 1. The molecule has 5 nitrogen and oxygen atoms in total. The molecule has 1 N–H and O–H groups in total. The van der Waals surface area contributed by atoms with Gasteiger partial charge < -0.3 is 19.5 Å². The SMILES string of the molecule is C=C1C(C(=O)NC2(POC)CCCCCC2)=Cc2ccc(OC)cc2N1CCCC. The molecule has 1 aliphatic carbocycles. The Morgan fingerprint density at radius 1 is 1.23 bits per heavy atom. The van der Waals surface area contributed by atoms with Gasteiger partial charge in [0.2, 0.25) is 0 Å². The van der Waals surface area contributed by atoms with Crippen LogP contribution in [-0.2, 0) is 9.32 Å². The predicted molar refractivity (Wildman–Crippen MR) is 126 cm³/mol. The largest absolute Gasteiger partial charge is 0.497 e. The van der Waals surface area contributed by atoms with Crippen molar-refractivity contribution in [2.24, 2.45) is 0 Å². The summed E-state index contributed by atoms with van der Waals surface area (Å²) in [5.74, 6) is 0.762. The van der Waals surface area contributed by atoms with Gasteiger partial charge in [0, 0.05) is 34.2 Å². The third kappa shape index (κ3) is 5.07. The maximum atomic E-state index is 13.5. The lowest BCUT2D eigenvalue weighted by molar-refractivity contribution is -0.118. The molecule has 1 aromatic rings. The Kier molecular flexibility index (Phi) is 7.96. The molecule has 2 aliphatic rings. The van der Waals surface area contributed by atoms with E-state index in [4.69, 9.17) is 9.26 Å². The molecule has 0 bridgehead atoms. The van der Waals surface area contributed by atoms with E-state index in [2.05, 4.69) is 23.7 Å². The van der Waals surface area contributed by atoms with Crippen molar-refractivity contribution < 1.29 is 14.1 Å². The lowest BCUT2D eigenvalue weighted by Crippen LogP contribution is -2.46. The number of hydrogen-bond donors (Lipinski definition) is 1. The third-order valence-corrected chi connectivity index (χ3v) is 7.27. The van der Waals surface area contributed by atoms with Gasteiger partial charge >= 0.3 is 0 Å². The average Bonchev–Trinajstić information content (AvgIpc) is 2.98. The number of anilines is 1. The van der Waals surface area contributed by atoms with E-state index in [0.29, 0.717) is 5.57 Å². The predicted octanol–water partition coefficient (Wildman–Crippen LogP) is 5.62. The van der Waals surface area contributed by atoms with Crippen LogP contribution in [0.2, 0.25) is 0 Å². The summed E-state index contributed by atoms with van der Waals surface area (Å²) < 4.78 is 11.0. The van der Waals surface area contributed by atoms with Gasteiger partial charge in [0.1, 0.15) is 5.75 Å². The van der Waals surface area contributed by atoms with Crippen molar-refractivity contribution >= 4 is 26.5 Å². The number of carbonyl (C=O) groups excluding carboxylic acids is 1. The number of rotatable bonds is 8. The molecule has 0 aromatic heterocycles. The van der Waals surface area contributed by atoms with Gasteiger partial charge in [-0.15, -0.1) is 0 Å². The van der Waals surface area contributed by atoms with E-state index in [0.717, 1.165) is 67.8 Å². The quantitative estimate of drug-likeness (QED) is 0.430. The number of methoxy groups -OCH3 is 1. The number of ether oxygens (including phenoxy) is 1. The monoisotopic (exact) mass is 430 g/mol. The molecule has 3 rings (SSSR count). The van der Waals surface area contributed by atoms with Crippen molar-refractivity contribution in [1.82, 2.24) is 5.32 Å². The molecule has 1 aliphatic heterocycles. The van der Waals surface area contributed by atoms with E-state index >= 15 is 0 Å². The van der Waals surface area contributed by atoms with Gasteiger partial charge in [-0.2, -0.15) is 0 Å². The second-order valence-electron chi connectivity index (χ2n) is 8.19. The van der Waals surface area contributed by atoms with Crippen molar-refractivity contribution in [2.45, 2.75) is 63.6 Å². The van der Waals surface area contributed by atoms with Crippen LogP contribution < -0.4 is 15.0 Å². The molecule has 0 spiro atoms. The van der Waals surface area contributed by atoms with Crippen molar-refractivity contribution in [3.63, 3.8) is 0 Å². The summed E-state index contributed by atoms with van der Waals surface area (Å²) in [5.41, 5.74) is 3.47. The lowest BCUT2D eigenvalue weighted by Gasteiger charge is -2.36. The van der Waals surface area contributed by atoms with E-state index in [1.165, 1.54) is 12.8 Å². The maximum Gasteiger partial charge on any atom is 0.254 e. The number of hydrogen-bond acceptors (Lipinski definition) is 4. The van der Waals surface area contributed by atoms with Crippen LogP contribution in [0.25, 0.3) is 6.08 Å². The van der Waals surface area contributed by atoms with E-state index in [1.807, 2.05) is 24.3 Å². The summed E-state index contributed by atoms with van der Waals surface area (Å²) >= 11 is 0. The summed E-state index contributed by atoms with van der Waals surface area (Å²) in [5, 5.41) is 3.11. The molecule has 1 unspecified atom stereocenters. The molecule has 1 heterocycles. The minimum absolute atomic E-state index is 0.0468. The Morgan fingerprint density at radius 3 is 2.60 bits per heavy atom. The second kappa shape index (κ2) is 10.5. The highest BCUT2D eigenvalue weighted by Gasteiger charge is 2.35. The van der Waals surface area contributed by atoms with Crippen molar-refractivity contribution in [2.75, 3.05) is 25.7 Å². The Morgan fingerprint density at radius 2 is 1.97 bits per heavy atom. The topological polar surface area (TPSA) is 50.8 Å². The fourth-order valence-electron chi connectivity index (χ4n) is 4.37. The van der Waals surface area contributed by atoms with E-state index in [1.54, 1.807) is 14.2 Å². The number of fused-ring (bicyclic) bond motifs is 1. The van der Waals surface area contributed by atoms with Crippen molar-refractivity contribution in [1.29, 1.82) is 0 Å². The maximum absolute atomic E-state index is 13.5. The molecule has 6 heteroatoms. The van der Waals surface area contributed by atoms with Crippen LogP contribution in [0.3, 0.4) is 0 Å². The smallest absolute Gasteiger partial charge is 0.254 e. The van der Waals surface area contributed by atoms with E-state index in [-0.39, 0.29) is 20.0 Å². The lowest BCUT2D eigenvalue weighted by atomic mass is 9.97. The minimum Gasteiger partial charge on any atom is -0.497 e. The molecular weight excluding hydrogens is 395 g/mol. The van der Waals surface area contributed by atoms with Gasteiger partial charge in [0.25, 0.3) is 5.91 Å². The molecule has 0 radical (unpaired) electrons. The first kappa shape index (κ1) is 22.8. The molecule has 1 fully saturated rings. The van der Waals surface area contributed by atoms with Gasteiger partial charge in [-0.05, 0) is 43.0 Å². The van der Waals surface area contributed by atoms with Crippen LogP contribution in [0.4, 0.5) is 5.69 Å². The van der Waals surface area contributed by atoms with Crippen molar-refractivity contribution in [3.05, 3.63) is 41.6 Å². The van der Waals surface area contributed by atoms with Crippen LogP contribution in [-0.4, -0.2) is 32.0 Å². The van der Waals surface area contributed by atoms with Crippen LogP contribution in [0.5, 0.6) is 5.75 Å². The van der Waals surface area contributed by atoms with Gasteiger partial charge in [0.05, 0.1) is 23.7 Å². The molecule has 1 atom stereocenters. The number of carbonyl (C=O) groups is 1. The first-order valence-corrected chi connectivity index (χ1v) is 11.9. The highest BCUT2D eigenvalue weighted by Crippen LogP contribution is 2.42. The second-order valence-corrected chi connectivity index (χ2v) is 9.76. The fourth-order valence-corrected chi connectivity index (χ4v) is 5.48. The Balaban J connectivity index is 1.91. The summed E-state index contributed by atoms with van der Waals surface area (Å²) in [7, 11) is 3.67. The van der Waals surface area contributed by atoms with Gasteiger partial charge in [-0.3, -0.25) is 4.79 Å². The van der Waals surface area contributed by atoms with Gasteiger partial charge in [-0.1, -0.05) is 45.6 Å². The molecule has 1 saturated carbocycles. The number of nitrogens with zero attached hydrogens (tertiary/aromatic N) is 1. The molecule has 30 heavy (non-hydrogen) atoms. The molecule has 1 aromatic carbocycles. The highest BCUT2D eigenvalue weighted by atomic mass is 31.1. The molecule has 0 saturated heterocycles. The number of nitrogens with one attached hydrogen (secondary N) is 1. The molecule has 1 amide bonds. The first-order valence-electron chi connectivity index (χ1n) is 11.0. The van der Waals surface area contributed by atoms with Crippen molar-refractivity contribution in [3.8, 4) is 5.75 Å². The normalized spacial score (nSPS) is 18.7. The van der Waals surface area contributed by atoms with Crippen LogP contribution in [0, 0.1) is 0 Å². The number of unbranched alkanes of at least 4 members (excludes halogenated alkanes) is 1. The van der Waals surface area contributed by atoms with E-state index < -0.39 is 0 Å². The summed E-state index contributed by atoms with van der Waals surface area (Å²) in [6, 6.07) is 5.99. The zero-order chi connectivity index (χ0) is 21.6. The average molecular weight is 431 g/mol. The number of benzene rings is 1. The Bertz CT molecular complexity index is 798. The standard InChI is InChI=1S/C24H35N2O3P/c1-5-6-15-26-18(2)21(16-19-11-12-20(28-3)17-22(19)26)23(27)25-24(30-29-4)13-9-7-8-10-14-24/h11-12,16-17,30H,2,5-10,13-15H2,1,3-4H3,(H,25,27). The van der Waals surface area contributed by atoms with Gasteiger partial charge in [0.15, 0.2) is 0 Å². The summed E-state index contributed by atoms with van der Waals surface area (Å²) in [4.78, 5) is 15.6. The zero-order valence-electron chi connectivity index (χ0n) is 18.6. The fraction of sp³-hybridized carbons (Fsp3) is 0.542. The molecular formula is C24H35N2O3P. The Labute approximate surface area is 182 Å². The first-order chi connectivity index (χ1) is 14.5. The summed E-state index contributed by atoms with van der Waals surface area (Å²) in [6.45, 7) is 7.31. The van der Waals surface area contributed by atoms with Gasteiger partial charge in [-0.25, -0.2) is 0 Å². The zero-order valence-corrected chi connectivity index (χ0v) is 19.6. The van der Waals surface area contributed by atoms with Crippen LogP contribution in [0.15, 0.2) is 36.0 Å². The highest BCUT2D eigenvalue weighted by molar-refractivity contribution is 7.34. The Hall–Kier alpha value is -1.84. The third-order valence-electron chi connectivity index (χ3n) is 6.05. The van der Waals surface area contributed by atoms with E-state index in [9.17, 15) is 4.79 Å². The van der Waals surface area contributed by atoms with Crippen LogP contribution >= 0.6 is 8.81 Å².